The molecule has 0 spiro atoms. The number of benzene rings is 1. The number of carbonyl (C=O) groups is 1. The molecule has 0 fully saturated rings. The van der Waals surface area contributed by atoms with Crippen molar-refractivity contribution in [1.29, 1.82) is 0 Å². The van der Waals surface area contributed by atoms with Gasteiger partial charge in [-0.2, -0.15) is 0 Å². The molecule has 0 aliphatic carbocycles. The molecule has 0 aliphatic heterocycles. The number of hydrogen-bond acceptors (Lipinski definition) is 4. The fraction of sp³-hybridized carbons (Fsp3) is 0.364. The number of aliphatic hydroxyl groups excluding tert-OH is 1. The molecule has 0 bridgehead atoms. The van der Waals surface area contributed by atoms with E-state index < -0.39 is 27.9 Å². The smallest absolute Gasteiger partial charge is 0.332 e. The van der Waals surface area contributed by atoms with E-state index in [1.165, 1.54) is 6.92 Å². The predicted octanol–water partition coefficient (Wildman–Crippen LogP) is 0.248. The van der Waals surface area contributed by atoms with Crippen LogP contribution in [0.25, 0.3) is 0 Å². The first-order chi connectivity index (χ1) is 8.74. The lowest BCUT2D eigenvalue weighted by molar-refractivity contribution is -0.146. The Morgan fingerprint density at radius 1 is 1.47 bits per heavy atom. The molecule has 0 saturated heterocycles. The molecule has 1 rings (SSSR count). The van der Waals surface area contributed by atoms with Gasteiger partial charge in [-0.1, -0.05) is 0 Å². The van der Waals surface area contributed by atoms with Crippen LogP contribution < -0.4 is 4.72 Å². The number of carboxylic acids is 1. The minimum atomic E-state index is -3.85. The molecule has 6 nitrogen and oxygen atoms in total. The summed E-state index contributed by atoms with van der Waals surface area (Å²) in [6.07, 6.45) is -1.88. The highest BCUT2D eigenvalue weighted by Crippen LogP contribution is 2.15. The Kier molecular flexibility index (Phi) is 4.98. The zero-order valence-corrected chi connectivity index (χ0v) is 10.9. The lowest BCUT2D eigenvalue weighted by atomic mass is 10.2. The zero-order chi connectivity index (χ0) is 14.6. The van der Waals surface area contributed by atoms with E-state index in [1.807, 2.05) is 0 Å². The molecule has 0 heterocycles. The summed E-state index contributed by atoms with van der Waals surface area (Å²) in [6.45, 7) is 1.22. The number of nitrogens with one attached hydrogen (secondary N) is 1. The van der Waals surface area contributed by atoms with Crippen molar-refractivity contribution in [2.24, 2.45) is 0 Å². The summed E-state index contributed by atoms with van der Waals surface area (Å²) in [5.74, 6) is -1.96. The largest absolute Gasteiger partial charge is 0.479 e. The molecule has 0 radical (unpaired) electrons. The molecule has 0 saturated carbocycles. The summed E-state index contributed by atoms with van der Waals surface area (Å²) in [5.41, 5.74) is 0.242. The first-order valence-corrected chi connectivity index (χ1v) is 6.89. The number of aryl methyl sites for hydroxylation is 1. The van der Waals surface area contributed by atoms with Gasteiger partial charge in [0.05, 0.1) is 4.90 Å². The highest BCUT2D eigenvalue weighted by molar-refractivity contribution is 7.89. The normalized spacial score (nSPS) is 13.2. The summed E-state index contributed by atoms with van der Waals surface area (Å²) in [7, 11) is -3.85. The molecule has 1 aromatic rings. The Balaban J connectivity index is 2.74. The highest BCUT2D eigenvalue weighted by atomic mass is 32.2. The van der Waals surface area contributed by atoms with Gasteiger partial charge in [-0.3, -0.25) is 0 Å². The quantitative estimate of drug-likeness (QED) is 0.697. The fourth-order valence-electron chi connectivity index (χ4n) is 1.45. The van der Waals surface area contributed by atoms with E-state index in [2.05, 4.69) is 4.72 Å². The second-order valence-electron chi connectivity index (χ2n) is 3.95. The van der Waals surface area contributed by atoms with Gasteiger partial charge in [-0.15, -0.1) is 0 Å². The first kappa shape index (κ1) is 15.5. The maximum absolute atomic E-state index is 12.9. The molecule has 1 atom stereocenters. The lowest BCUT2D eigenvalue weighted by Gasteiger charge is -2.10. The second-order valence-corrected chi connectivity index (χ2v) is 5.69. The minimum absolute atomic E-state index is 0.0845. The Morgan fingerprint density at radius 2 is 2.11 bits per heavy atom. The maximum atomic E-state index is 12.9. The minimum Gasteiger partial charge on any atom is -0.479 e. The number of carboxylic acid groups (broad SMARTS) is 1. The molecule has 0 amide bonds. The van der Waals surface area contributed by atoms with E-state index >= 15 is 0 Å². The summed E-state index contributed by atoms with van der Waals surface area (Å²) >= 11 is 0. The molecule has 8 heteroatoms. The van der Waals surface area contributed by atoms with Gasteiger partial charge in [-0.05, 0) is 37.1 Å². The van der Waals surface area contributed by atoms with E-state index in [0.717, 1.165) is 18.2 Å². The average molecular weight is 291 g/mol. The summed E-state index contributed by atoms with van der Waals surface area (Å²) in [5, 5.41) is 17.4. The van der Waals surface area contributed by atoms with Gasteiger partial charge in [0, 0.05) is 6.54 Å². The van der Waals surface area contributed by atoms with Crippen LogP contribution >= 0.6 is 0 Å². The van der Waals surface area contributed by atoms with Crippen molar-refractivity contribution in [3.8, 4) is 0 Å². The van der Waals surface area contributed by atoms with Gasteiger partial charge in [-0.25, -0.2) is 22.3 Å². The van der Waals surface area contributed by atoms with Gasteiger partial charge in [0.25, 0.3) is 0 Å². The number of sulfonamides is 1. The van der Waals surface area contributed by atoms with Crippen LogP contribution in [0.5, 0.6) is 0 Å². The van der Waals surface area contributed by atoms with Crippen LogP contribution in [0.2, 0.25) is 0 Å². The Labute approximate surface area is 109 Å². The fourth-order valence-corrected chi connectivity index (χ4v) is 2.72. The predicted molar refractivity (Wildman–Crippen MR) is 64.6 cm³/mol. The molecule has 0 aromatic heterocycles. The number of hydrogen-bond donors (Lipinski definition) is 3. The Bertz CT molecular complexity index is 572. The van der Waals surface area contributed by atoms with Crippen molar-refractivity contribution in [1.82, 2.24) is 4.72 Å². The number of rotatable bonds is 6. The lowest BCUT2D eigenvalue weighted by Crippen LogP contribution is -2.30. The van der Waals surface area contributed by atoms with Crippen LogP contribution in [0.15, 0.2) is 23.1 Å². The number of halogens is 1. The van der Waals surface area contributed by atoms with Crippen LogP contribution in [-0.4, -0.2) is 37.2 Å². The molecule has 19 heavy (non-hydrogen) atoms. The van der Waals surface area contributed by atoms with Crippen molar-refractivity contribution in [2.45, 2.75) is 24.3 Å². The van der Waals surface area contributed by atoms with Crippen molar-refractivity contribution >= 4 is 16.0 Å². The SMILES string of the molecule is Cc1cc(F)ccc1S(=O)(=O)NCCC(O)C(=O)O. The Morgan fingerprint density at radius 3 is 2.63 bits per heavy atom. The second kappa shape index (κ2) is 6.09. The monoisotopic (exact) mass is 291 g/mol. The van der Waals surface area contributed by atoms with E-state index in [-0.39, 0.29) is 23.4 Å². The maximum Gasteiger partial charge on any atom is 0.332 e. The van der Waals surface area contributed by atoms with Crippen LogP contribution in [-0.2, 0) is 14.8 Å². The standard InChI is InChI=1S/C11H14FNO5S/c1-7-6-8(12)2-3-10(7)19(17,18)13-5-4-9(14)11(15)16/h2-3,6,9,13-14H,4-5H2,1H3,(H,15,16). The van der Waals surface area contributed by atoms with Gasteiger partial charge in [0.15, 0.2) is 6.10 Å². The average Bonchev–Trinajstić information content (AvgIpc) is 2.27. The highest BCUT2D eigenvalue weighted by Gasteiger charge is 2.18. The van der Waals surface area contributed by atoms with Crippen molar-refractivity contribution in [3.05, 3.63) is 29.6 Å². The van der Waals surface area contributed by atoms with E-state index in [4.69, 9.17) is 10.2 Å². The van der Waals surface area contributed by atoms with Gasteiger partial charge in [0.1, 0.15) is 5.82 Å². The van der Waals surface area contributed by atoms with E-state index in [1.54, 1.807) is 0 Å². The number of aliphatic hydroxyl groups is 1. The third-order valence-electron chi connectivity index (χ3n) is 2.42. The van der Waals surface area contributed by atoms with Crippen LogP contribution in [0, 0.1) is 12.7 Å². The molecule has 1 aromatic carbocycles. The molecule has 0 aliphatic rings. The first-order valence-electron chi connectivity index (χ1n) is 5.41. The van der Waals surface area contributed by atoms with Crippen molar-refractivity contribution < 1.29 is 27.8 Å². The topological polar surface area (TPSA) is 104 Å². The number of aliphatic carboxylic acids is 1. The third-order valence-corrected chi connectivity index (χ3v) is 4.04. The van der Waals surface area contributed by atoms with Crippen LogP contribution in [0.1, 0.15) is 12.0 Å². The molecular formula is C11H14FNO5S. The van der Waals surface area contributed by atoms with Gasteiger partial charge >= 0.3 is 5.97 Å². The molecule has 106 valence electrons. The van der Waals surface area contributed by atoms with E-state index in [0.29, 0.717) is 0 Å². The molecule has 1 unspecified atom stereocenters. The van der Waals surface area contributed by atoms with Crippen LogP contribution in [0.3, 0.4) is 0 Å². The summed E-state index contributed by atoms with van der Waals surface area (Å²) < 4.78 is 38.7. The summed E-state index contributed by atoms with van der Waals surface area (Å²) in [6, 6.07) is 3.23. The Hall–Kier alpha value is -1.51. The summed E-state index contributed by atoms with van der Waals surface area (Å²) in [4.78, 5) is 10.3. The zero-order valence-electron chi connectivity index (χ0n) is 10.1. The van der Waals surface area contributed by atoms with Crippen LogP contribution in [0.4, 0.5) is 4.39 Å². The van der Waals surface area contributed by atoms with Gasteiger partial charge in [0.2, 0.25) is 10.0 Å². The third kappa shape index (κ3) is 4.27. The van der Waals surface area contributed by atoms with Crippen molar-refractivity contribution in [2.75, 3.05) is 6.54 Å². The molecule has 3 N–H and O–H groups in total. The molecular weight excluding hydrogens is 277 g/mol. The van der Waals surface area contributed by atoms with Crippen molar-refractivity contribution in [3.63, 3.8) is 0 Å². The van der Waals surface area contributed by atoms with Gasteiger partial charge < -0.3 is 10.2 Å². The van der Waals surface area contributed by atoms with E-state index in [9.17, 15) is 17.6 Å².